The molecule has 0 atom stereocenters. The van der Waals surface area contributed by atoms with E-state index in [0.29, 0.717) is 17.7 Å². The summed E-state index contributed by atoms with van der Waals surface area (Å²) in [5.74, 6) is -0.0935. The minimum atomic E-state index is -0.102. The van der Waals surface area contributed by atoms with Gasteiger partial charge in [0.1, 0.15) is 0 Å². The fourth-order valence-electron chi connectivity index (χ4n) is 1.60. The normalized spacial score (nSPS) is 11.3. The number of thiophene rings is 1. The van der Waals surface area contributed by atoms with Crippen molar-refractivity contribution in [3.8, 4) is 0 Å². The minimum Gasteiger partial charge on any atom is -0.409 e. The Hall–Kier alpha value is -2.34. The van der Waals surface area contributed by atoms with Crippen LogP contribution in [0.2, 0.25) is 0 Å². The van der Waals surface area contributed by atoms with Crippen LogP contribution in [0.3, 0.4) is 0 Å². The number of nitrogens with two attached hydrogens (primary N) is 1. The van der Waals surface area contributed by atoms with Crippen LogP contribution in [0.25, 0.3) is 0 Å². The number of carbonyl (C=O) groups is 1. The van der Waals surface area contributed by atoms with Crippen LogP contribution in [0.1, 0.15) is 11.1 Å². The summed E-state index contributed by atoms with van der Waals surface area (Å²) in [5, 5.41) is 18.2. The molecular formula is C13H13N3O2S. The smallest absolute Gasteiger partial charge is 0.228 e. The molecule has 1 aromatic heterocycles. The Morgan fingerprint density at radius 3 is 2.95 bits per heavy atom. The highest BCUT2D eigenvalue weighted by Gasteiger charge is 2.06. The van der Waals surface area contributed by atoms with E-state index in [-0.39, 0.29) is 11.7 Å². The number of benzene rings is 1. The van der Waals surface area contributed by atoms with Gasteiger partial charge in [0.25, 0.3) is 0 Å². The summed E-state index contributed by atoms with van der Waals surface area (Å²) in [5.41, 5.74) is 7.64. The van der Waals surface area contributed by atoms with E-state index in [1.165, 1.54) is 0 Å². The molecule has 0 aliphatic rings. The van der Waals surface area contributed by atoms with Gasteiger partial charge in [0.2, 0.25) is 5.91 Å². The number of oxime groups is 1. The van der Waals surface area contributed by atoms with Crippen molar-refractivity contribution in [1.82, 2.24) is 0 Å². The summed E-state index contributed by atoms with van der Waals surface area (Å²) >= 11 is 1.56. The predicted octanol–water partition coefficient (Wildman–Crippen LogP) is 2.02. The zero-order chi connectivity index (χ0) is 13.7. The van der Waals surface area contributed by atoms with E-state index in [9.17, 15) is 4.79 Å². The number of nitrogens with zero attached hydrogens (tertiary/aromatic N) is 1. The van der Waals surface area contributed by atoms with E-state index in [1.54, 1.807) is 35.6 Å². The zero-order valence-electron chi connectivity index (χ0n) is 10.0. The Morgan fingerprint density at radius 1 is 1.42 bits per heavy atom. The summed E-state index contributed by atoms with van der Waals surface area (Å²) in [7, 11) is 0. The maximum Gasteiger partial charge on any atom is 0.228 e. The van der Waals surface area contributed by atoms with Gasteiger partial charge in [-0.05, 0) is 34.5 Å². The van der Waals surface area contributed by atoms with Gasteiger partial charge in [-0.3, -0.25) is 4.79 Å². The molecule has 6 heteroatoms. The van der Waals surface area contributed by atoms with Gasteiger partial charge in [0, 0.05) is 11.3 Å². The van der Waals surface area contributed by atoms with Gasteiger partial charge >= 0.3 is 0 Å². The highest BCUT2D eigenvalue weighted by Crippen LogP contribution is 2.12. The molecule has 0 aliphatic carbocycles. The number of amidine groups is 1. The molecule has 1 aromatic carbocycles. The average molecular weight is 275 g/mol. The van der Waals surface area contributed by atoms with Gasteiger partial charge < -0.3 is 16.3 Å². The first-order chi connectivity index (χ1) is 9.19. The van der Waals surface area contributed by atoms with E-state index in [4.69, 9.17) is 10.9 Å². The Labute approximate surface area is 114 Å². The van der Waals surface area contributed by atoms with Gasteiger partial charge in [0.05, 0.1) is 6.42 Å². The summed E-state index contributed by atoms with van der Waals surface area (Å²) in [6.07, 6.45) is 0.331. The van der Waals surface area contributed by atoms with E-state index in [1.807, 2.05) is 16.8 Å². The van der Waals surface area contributed by atoms with Crippen molar-refractivity contribution in [1.29, 1.82) is 0 Å². The monoisotopic (exact) mass is 275 g/mol. The lowest BCUT2D eigenvalue weighted by Gasteiger charge is -2.06. The number of anilines is 1. The van der Waals surface area contributed by atoms with E-state index in [2.05, 4.69) is 10.5 Å². The molecule has 1 amide bonds. The minimum absolute atomic E-state index is 0.00827. The second kappa shape index (κ2) is 6.01. The number of nitrogens with one attached hydrogen (secondary N) is 1. The molecular weight excluding hydrogens is 262 g/mol. The number of hydrogen-bond donors (Lipinski definition) is 3. The van der Waals surface area contributed by atoms with Crippen molar-refractivity contribution >= 4 is 28.8 Å². The predicted molar refractivity (Wildman–Crippen MR) is 75.6 cm³/mol. The van der Waals surface area contributed by atoms with Crippen LogP contribution in [-0.2, 0) is 11.2 Å². The van der Waals surface area contributed by atoms with Gasteiger partial charge in [-0.2, -0.15) is 11.3 Å². The van der Waals surface area contributed by atoms with Crippen molar-refractivity contribution in [2.24, 2.45) is 10.9 Å². The van der Waals surface area contributed by atoms with Crippen molar-refractivity contribution in [3.05, 3.63) is 52.2 Å². The quantitative estimate of drug-likeness (QED) is 0.345. The van der Waals surface area contributed by atoms with Crippen LogP contribution in [-0.4, -0.2) is 17.0 Å². The molecule has 0 unspecified atom stereocenters. The molecule has 1 heterocycles. The van der Waals surface area contributed by atoms with Gasteiger partial charge in [0.15, 0.2) is 5.84 Å². The van der Waals surface area contributed by atoms with Crippen molar-refractivity contribution in [2.45, 2.75) is 6.42 Å². The Balaban J connectivity index is 2.05. The van der Waals surface area contributed by atoms with Crippen molar-refractivity contribution < 1.29 is 10.0 Å². The maximum atomic E-state index is 11.8. The van der Waals surface area contributed by atoms with Crippen LogP contribution < -0.4 is 11.1 Å². The Bertz CT molecular complexity index is 594. The molecule has 0 spiro atoms. The van der Waals surface area contributed by atoms with Crippen LogP contribution >= 0.6 is 11.3 Å². The molecule has 4 N–H and O–H groups in total. The largest absolute Gasteiger partial charge is 0.409 e. The molecule has 0 radical (unpaired) electrons. The third-order valence-electron chi connectivity index (χ3n) is 2.49. The van der Waals surface area contributed by atoms with Crippen molar-refractivity contribution in [2.75, 3.05) is 5.32 Å². The molecule has 5 nitrogen and oxygen atoms in total. The summed E-state index contributed by atoms with van der Waals surface area (Å²) in [4.78, 5) is 11.8. The van der Waals surface area contributed by atoms with E-state index >= 15 is 0 Å². The number of hydrogen-bond acceptors (Lipinski definition) is 4. The Morgan fingerprint density at radius 2 is 2.26 bits per heavy atom. The molecule has 0 fully saturated rings. The number of rotatable bonds is 4. The second-order valence-corrected chi connectivity index (χ2v) is 4.70. The van der Waals surface area contributed by atoms with E-state index < -0.39 is 0 Å². The van der Waals surface area contributed by atoms with Crippen LogP contribution in [0.15, 0.2) is 46.2 Å². The van der Waals surface area contributed by atoms with Gasteiger partial charge in [-0.1, -0.05) is 17.3 Å². The molecule has 2 aromatic rings. The molecule has 98 valence electrons. The maximum absolute atomic E-state index is 11.8. The summed E-state index contributed by atoms with van der Waals surface area (Å²) in [6, 6.07) is 8.74. The zero-order valence-corrected chi connectivity index (χ0v) is 10.9. The number of amides is 1. The first-order valence-corrected chi connectivity index (χ1v) is 6.52. The molecule has 0 saturated heterocycles. The first-order valence-electron chi connectivity index (χ1n) is 5.58. The standard InChI is InChI=1S/C13H13N3O2S/c14-13(16-18)10-2-1-3-11(7-10)15-12(17)6-9-4-5-19-8-9/h1-5,7-8,18H,6H2,(H2,14,16)(H,15,17). The summed E-state index contributed by atoms with van der Waals surface area (Å²) in [6.45, 7) is 0. The highest BCUT2D eigenvalue weighted by molar-refractivity contribution is 7.08. The SMILES string of the molecule is N/C(=N/O)c1cccc(NC(=O)Cc2ccsc2)c1. The highest BCUT2D eigenvalue weighted by atomic mass is 32.1. The molecule has 0 saturated carbocycles. The lowest BCUT2D eigenvalue weighted by Crippen LogP contribution is -2.16. The van der Waals surface area contributed by atoms with Crippen molar-refractivity contribution in [3.63, 3.8) is 0 Å². The van der Waals surface area contributed by atoms with Gasteiger partial charge in [-0.15, -0.1) is 0 Å². The third kappa shape index (κ3) is 3.56. The topological polar surface area (TPSA) is 87.7 Å². The second-order valence-electron chi connectivity index (χ2n) is 3.92. The molecule has 0 bridgehead atoms. The lowest BCUT2D eigenvalue weighted by atomic mass is 10.1. The van der Waals surface area contributed by atoms with Gasteiger partial charge in [-0.25, -0.2) is 0 Å². The molecule has 2 rings (SSSR count). The number of carbonyl (C=O) groups excluding carboxylic acids is 1. The lowest BCUT2D eigenvalue weighted by molar-refractivity contribution is -0.115. The summed E-state index contributed by atoms with van der Waals surface area (Å²) < 4.78 is 0. The fourth-order valence-corrected chi connectivity index (χ4v) is 2.27. The molecule has 0 aliphatic heterocycles. The average Bonchev–Trinajstić information content (AvgIpc) is 2.90. The Kier molecular flexibility index (Phi) is 4.15. The first kappa shape index (κ1) is 13.1. The van der Waals surface area contributed by atoms with Crippen LogP contribution in [0.4, 0.5) is 5.69 Å². The fraction of sp³-hybridized carbons (Fsp3) is 0.0769. The van der Waals surface area contributed by atoms with E-state index in [0.717, 1.165) is 5.56 Å². The molecule has 19 heavy (non-hydrogen) atoms. The van der Waals surface area contributed by atoms with Crippen LogP contribution in [0.5, 0.6) is 0 Å². The third-order valence-corrected chi connectivity index (χ3v) is 3.23. The van der Waals surface area contributed by atoms with Crippen LogP contribution in [0, 0.1) is 0 Å².